The van der Waals surface area contributed by atoms with Gasteiger partial charge in [-0.2, -0.15) is 0 Å². The number of aromatic hydroxyl groups is 2. The Morgan fingerprint density at radius 1 is 1.22 bits per heavy atom. The summed E-state index contributed by atoms with van der Waals surface area (Å²) in [5.74, 6) is -0.929. The van der Waals surface area contributed by atoms with E-state index < -0.39 is 5.91 Å². The summed E-state index contributed by atoms with van der Waals surface area (Å²) in [5.41, 5.74) is 5.85. The minimum absolute atomic E-state index is 0.0595. The summed E-state index contributed by atoms with van der Waals surface area (Å²) < 4.78 is 0. The van der Waals surface area contributed by atoms with Gasteiger partial charge in [-0.25, -0.2) is 0 Å². The molecule has 1 aliphatic rings. The van der Waals surface area contributed by atoms with E-state index in [1.54, 1.807) is 0 Å². The van der Waals surface area contributed by atoms with Crippen molar-refractivity contribution in [1.82, 2.24) is 5.32 Å². The van der Waals surface area contributed by atoms with Crippen LogP contribution in [-0.4, -0.2) is 28.2 Å². The first-order chi connectivity index (χ1) is 8.59. The number of carbonyl (C=O) groups is 1. The molecule has 1 aliphatic carbocycles. The summed E-state index contributed by atoms with van der Waals surface area (Å²) >= 11 is 0. The Labute approximate surface area is 106 Å². The molecule has 0 saturated heterocycles. The van der Waals surface area contributed by atoms with Gasteiger partial charge in [-0.15, -0.1) is 0 Å². The fourth-order valence-electron chi connectivity index (χ4n) is 2.34. The summed E-state index contributed by atoms with van der Waals surface area (Å²) in [6.45, 7) is 0. The highest BCUT2D eigenvalue weighted by atomic mass is 16.3. The molecule has 98 valence electrons. The van der Waals surface area contributed by atoms with Crippen molar-refractivity contribution < 1.29 is 15.0 Å². The molecule has 1 fully saturated rings. The van der Waals surface area contributed by atoms with Crippen LogP contribution in [0.25, 0.3) is 0 Å². The number of amides is 1. The fraction of sp³-hybridized carbons (Fsp3) is 0.462. The predicted molar refractivity (Wildman–Crippen MR) is 67.5 cm³/mol. The number of hydrogen-bond donors (Lipinski definition) is 4. The van der Waals surface area contributed by atoms with Gasteiger partial charge in [-0.05, 0) is 25.0 Å². The molecule has 0 bridgehead atoms. The van der Waals surface area contributed by atoms with Gasteiger partial charge >= 0.3 is 0 Å². The lowest BCUT2D eigenvalue weighted by Gasteiger charge is -2.29. The van der Waals surface area contributed by atoms with Gasteiger partial charge in [0.05, 0.1) is 0 Å². The van der Waals surface area contributed by atoms with Gasteiger partial charge in [0.15, 0.2) is 0 Å². The first kappa shape index (κ1) is 12.7. The molecule has 0 aliphatic heterocycles. The van der Waals surface area contributed by atoms with Crippen LogP contribution in [0.1, 0.15) is 36.0 Å². The maximum Gasteiger partial charge on any atom is 0.259 e. The Hall–Kier alpha value is -1.75. The lowest BCUT2D eigenvalue weighted by molar-refractivity contribution is 0.0915. The molecular formula is C13H18N2O3. The Kier molecular flexibility index (Phi) is 3.72. The minimum Gasteiger partial charge on any atom is -0.507 e. The molecule has 5 N–H and O–H groups in total. The Morgan fingerprint density at radius 3 is 2.44 bits per heavy atom. The van der Waals surface area contributed by atoms with Crippen molar-refractivity contribution in [2.75, 3.05) is 0 Å². The van der Waals surface area contributed by atoms with E-state index in [0.717, 1.165) is 25.7 Å². The van der Waals surface area contributed by atoms with E-state index in [-0.39, 0.29) is 29.1 Å². The molecule has 18 heavy (non-hydrogen) atoms. The van der Waals surface area contributed by atoms with Gasteiger partial charge < -0.3 is 21.3 Å². The maximum absolute atomic E-state index is 12.0. The van der Waals surface area contributed by atoms with Gasteiger partial charge in [0.25, 0.3) is 5.91 Å². The quantitative estimate of drug-likeness (QED) is 0.632. The predicted octanol–water partition coefficient (Wildman–Crippen LogP) is 1.10. The first-order valence-electron chi connectivity index (χ1n) is 6.17. The van der Waals surface area contributed by atoms with Crippen LogP contribution in [0.2, 0.25) is 0 Å². The highest BCUT2D eigenvalue weighted by Gasteiger charge is 2.25. The largest absolute Gasteiger partial charge is 0.507 e. The van der Waals surface area contributed by atoms with Gasteiger partial charge in [0.2, 0.25) is 0 Å². The molecule has 2 rings (SSSR count). The molecule has 2 unspecified atom stereocenters. The molecule has 2 atom stereocenters. The Balaban J connectivity index is 2.12. The molecule has 5 nitrogen and oxygen atoms in total. The molecule has 0 aromatic heterocycles. The van der Waals surface area contributed by atoms with E-state index in [9.17, 15) is 15.0 Å². The van der Waals surface area contributed by atoms with Crippen molar-refractivity contribution in [3.05, 3.63) is 23.8 Å². The molecular weight excluding hydrogens is 232 g/mol. The third-order valence-electron chi connectivity index (χ3n) is 3.38. The number of rotatable bonds is 2. The zero-order chi connectivity index (χ0) is 13.1. The van der Waals surface area contributed by atoms with E-state index in [4.69, 9.17) is 5.73 Å². The van der Waals surface area contributed by atoms with E-state index in [1.165, 1.54) is 18.2 Å². The van der Waals surface area contributed by atoms with Crippen LogP contribution in [0, 0.1) is 0 Å². The normalized spacial score (nSPS) is 23.6. The molecule has 1 saturated carbocycles. The van der Waals surface area contributed by atoms with Crippen LogP contribution in [-0.2, 0) is 0 Å². The molecule has 1 aromatic carbocycles. The SMILES string of the molecule is NC1CCCCC1NC(=O)c1c(O)cccc1O. The number of phenolic OH excluding ortho intramolecular Hbond substituents is 2. The third kappa shape index (κ3) is 2.56. The first-order valence-corrected chi connectivity index (χ1v) is 6.17. The standard InChI is InChI=1S/C13H18N2O3/c14-8-4-1-2-5-9(8)15-13(18)12-10(16)6-3-7-11(12)17/h3,6-9,16-17H,1-2,4-5,14H2,(H,15,18). The molecule has 0 heterocycles. The Bertz CT molecular complexity index is 428. The lowest BCUT2D eigenvalue weighted by atomic mass is 9.91. The molecule has 1 amide bonds. The van der Waals surface area contributed by atoms with Crippen molar-refractivity contribution >= 4 is 5.91 Å². The molecule has 0 spiro atoms. The second kappa shape index (κ2) is 5.27. The average Bonchev–Trinajstić information content (AvgIpc) is 2.32. The van der Waals surface area contributed by atoms with E-state index in [1.807, 2.05) is 0 Å². The van der Waals surface area contributed by atoms with Crippen molar-refractivity contribution in [3.8, 4) is 11.5 Å². The van der Waals surface area contributed by atoms with Crippen molar-refractivity contribution in [1.29, 1.82) is 0 Å². The highest BCUT2D eigenvalue weighted by molar-refractivity contribution is 5.99. The second-order valence-corrected chi connectivity index (χ2v) is 4.70. The monoisotopic (exact) mass is 250 g/mol. The van der Waals surface area contributed by atoms with Crippen molar-refractivity contribution in [2.24, 2.45) is 5.73 Å². The van der Waals surface area contributed by atoms with E-state index in [0.29, 0.717) is 0 Å². The Morgan fingerprint density at radius 2 is 1.83 bits per heavy atom. The van der Waals surface area contributed by atoms with Gasteiger partial charge in [0, 0.05) is 12.1 Å². The smallest absolute Gasteiger partial charge is 0.259 e. The number of benzene rings is 1. The maximum atomic E-state index is 12.0. The zero-order valence-corrected chi connectivity index (χ0v) is 10.1. The van der Waals surface area contributed by atoms with Crippen LogP contribution in [0.3, 0.4) is 0 Å². The number of hydrogen-bond acceptors (Lipinski definition) is 4. The molecule has 5 heteroatoms. The van der Waals surface area contributed by atoms with Gasteiger partial charge in [0.1, 0.15) is 17.1 Å². The van der Waals surface area contributed by atoms with Crippen LogP contribution in [0.5, 0.6) is 11.5 Å². The summed E-state index contributed by atoms with van der Waals surface area (Å²) in [5, 5.41) is 22.0. The minimum atomic E-state index is -0.479. The van der Waals surface area contributed by atoms with Crippen LogP contribution < -0.4 is 11.1 Å². The van der Waals surface area contributed by atoms with Crippen molar-refractivity contribution in [3.63, 3.8) is 0 Å². The topological polar surface area (TPSA) is 95.6 Å². The summed E-state index contributed by atoms with van der Waals surface area (Å²) in [7, 11) is 0. The summed E-state index contributed by atoms with van der Waals surface area (Å²) in [4.78, 5) is 12.0. The highest BCUT2D eigenvalue weighted by Crippen LogP contribution is 2.26. The van der Waals surface area contributed by atoms with E-state index in [2.05, 4.69) is 5.32 Å². The zero-order valence-electron chi connectivity index (χ0n) is 10.1. The van der Waals surface area contributed by atoms with Gasteiger partial charge in [-0.3, -0.25) is 4.79 Å². The number of carbonyl (C=O) groups excluding carboxylic acids is 1. The average molecular weight is 250 g/mol. The van der Waals surface area contributed by atoms with Crippen LogP contribution >= 0.6 is 0 Å². The van der Waals surface area contributed by atoms with Crippen LogP contribution in [0.4, 0.5) is 0 Å². The second-order valence-electron chi connectivity index (χ2n) is 4.70. The lowest BCUT2D eigenvalue weighted by Crippen LogP contribution is -2.49. The van der Waals surface area contributed by atoms with E-state index >= 15 is 0 Å². The summed E-state index contributed by atoms with van der Waals surface area (Å²) in [6, 6.07) is 4.07. The van der Waals surface area contributed by atoms with Crippen LogP contribution in [0.15, 0.2) is 18.2 Å². The number of phenols is 2. The van der Waals surface area contributed by atoms with Gasteiger partial charge in [-0.1, -0.05) is 18.9 Å². The molecule has 0 radical (unpaired) electrons. The fourth-order valence-corrected chi connectivity index (χ4v) is 2.34. The summed E-state index contributed by atoms with van der Waals surface area (Å²) in [6.07, 6.45) is 3.83. The molecule has 1 aromatic rings. The third-order valence-corrected chi connectivity index (χ3v) is 3.38. The number of nitrogens with one attached hydrogen (secondary N) is 1. The number of nitrogens with two attached hydrogens (primary N) is 1. The van der Waals surface area contributed by atoms with Crippen molar-refractivity contribution in [2.45, 2.75) is 37.8 Å².